The van der Waals surface area contributed by atoms with Crippen LogP contribution in [0, 0.1) is 13.8 Å². The number of hydrogen-bond donors (Lipinski definition) is 2. The predicted octanol–water partition coefficient (Wildman–Crippen LogP) is 2.16. The zero-order valence-electron chi connectivity index (χ0n) is 11.2. The molecule has 4 heteroatoms. The molecular weight excluding hydrogens is 228 g/mol. The number of amides is 2. The van der Waals surface area contributed by atoms with Crippen molar-refractivity contribution < 1.29 is 9.59 Å². The molecule has 0 radical (unpaired) electrons. The van der Waals surface area contributed by atoms with Crippen LogP contribution in [-0.4, -0.2) is 18.4 Å². The topological polar surface area (TPSA) is 58.2 Å². The standard InChI is InChI=1S/C14H20N2O2/c1-4-15-13(17)7-8-14(18)16-12-6-5-10(2)9-11(12)3/h5-6,9H,4,7-8H2,1-3H3,(H,15,17)(H,16,18). The first-order chi connectivity index (χ1) is 8.52. The average Bonchev–Trinajstić information content (AvgIpc) is 2.31. The van der Waals surface area contributed by atoms with Crippen molar-refractivity contribution in [2.24, 2.45) is 0 Å². The lowest BCUT2D eigenvalue weighted by molar-refractivity contribution is -0.124. The van der Waals surface area contributed by atoms with Gasteiger partial charge in [-0.2, -0.15) is 0 Å². The van der Waals surface area contributed by atoms with E-state index >= 15 is 0 Å². The molecule has 18 heavy (non-hydrogen) atoms. The fourth-order valence-corrected chi connectivity index (χ4v) is 1.68. The molecule has 0 bridgehead atoms. The van der Waals surface area contributed by atoms with Crippen molar-refractivity contribution in [3.8, 4) is 0 Å². The highest BCUT2D eigenvalue weighted by atomic mass is 16.2. The van der Waals surface area contributed by atoms with Crippen molar-refractivity contribution in [2.45, 2.75) is 33.6 Å². The SMILES string of the molecule is CCNC(=O)CCC(=O)Nc1ccc(C)cc1C. The first kappa shape index (κ1) is 14.2. The molecule has 1 aromatic carbocycles. The van der Waals surface area contributed by atoms with Crippen LogP contribution in [0.5, 0.6) is 0 Å². The lowest BCUT2D eigenvalue weighted by atomic mass is 10.1. The maximum absolute atomic E-state index is 11.7. The van der Waals surface area contributed by atoms with Gasteiger partial charge in [0, 0.05) is 25.1 Å². The summed E-state index contributed by atoms with van der Waals surface area (Å²) >= 11 is 0. The van der Waals surface area contributed by atoms with Gasteiger partial charge in [-0.3, -0.25) is 9.59 Å². The summed E-state index contributed by atoms with van der Waals surface area (Å²) < 4.78 is 0. The van der Waals surface area contributed by atoms with Crippen LogP contribution in [-0.2, 0) is 9.59 Å². The Kier molecular flexibility index (Phi) is 5.36. The van der Waals surface area contributed by atoms with E-state index in [1.807, 2.05) is 39.0 Å². The molecular formula is C14H20N2O2. The number of hydrogen-bond acceptors (Lipinski definition) is 2. The monoisotopic (exact) mass is 248 g/mol. The Hall–Kier alpha value is -1.84. The first-order valence-electron chi connectivity index (χ1n) is 6.16. The second kappa shape index (κ2) is 6.79. The molecule has 98 valence electrons. The van der Waals surface area contributed by atoms with E-state index in [4.69, 9.17) is 0 Å². The van der Waals surface area contributed by atoms with Crippen molar-refractivity contribution in [3.63, 3.8) is 0 Å². The van der Waals surface area contributed by atoms with Crippen LogP contribution >= 0.6 is 0 Å². The zero-order valence-corrected chi connectivity index (χ0v) is 11.2. The van der Waals surface area contributed by atoms with Gasteiger partial charge in [0.05, 0.1) is 0 Å². The summed E-state index contributed by atoms with van der Waals surface area (Å²) in [6.45, 7) is 6.41. The zero-order chi connectivity index (χ0) is 13.5. The van der Waals surface area contributed by atoms with E-state index in [2.05, 4.69) is 10.6 Å². The van der Waals surface area contributed by atoms with Gasteiger partial charge in [0.15, 0.2) is 0 Å². The summed E-state index contributed by atoms with van der Waals surface area (Å²) in [5.41, 5.74) is 3.00. The minimum Gasteiger partial charge on any atom is -0.356 e. The van der Waals surface area contributed by atoms with E-state index in [9.17, 15) is 9.59 Å². The second-order valence-electron chi connectivity index (χ2n) is 4.32. The second-order valence-corrected chi connectivity index (χ2v) is 4.32. The van der Waals surface area contributed by atoms with Crippen LogP contribution in [0.15, 0.2) is 18.2 Å². The average molecular weight is 248 g/mol. The summed E-state index contributed by atoms with van der Waals surface area (Å²) in [5.74, 6) is -0.221. The van der Waals surface area contributed by atoms with Crippen LogP contribution in [0.1, 0.15) is 30.9 Å². The quantitative estimate of drug-likeness (QED) is 0.839. The van der Waals surface area contributed by atoms with E-state index < -0.39 is 0 Å². The van der Waals surface area contributed by atoms with Crippen molar-refractivity contribution in [3.05, 3.63) is 29.3 Å². The Labute approximate surface area is 108 Å². The first-order valence-corrected chi connectivity index (χ1v) is 6.16. The van der Waals surface area contributed by atoms with E-state index in [0.717, 1.165) is 16.8 Å². The smallest absolute Gasteiger partial charge is 0.224 e. The van der Waals surface area contributed by atoms with E-state index in [-0.39, 0.29) is 24.7 Å². The van der Waals surface area contributed by atoms with E-state index in [0.29, 0.717) is 6.54 Å². The van der Waals surface area contributed by atoms with Crippen LogP contribution in [0.2, 0.25) is 0 Å². The van der Waals surface area contributed by atoms with Gasteiger partial charge in [0.25, 0.3) is 0 Å². The molecule has 0 aliphatic rings. The highest BCUT2D eigenvalue weighted by molar-refractivity contribution is 5.93. The number of nitrogens with one attached hydrogen (secondary N) is 2. The Bertz CT molecular complexity index is 441. The summed E-state index contributed by atoms with van der Waals surface area (Å²) in [7, 11) is 0. The Morgan fingerprint density at radius 3 is 2.39 bits per heavy atom. The third kappa shape index (κ3) is 4.57. The van der Waals surface area contributed by atoms with Gasteiger partial charge >= 0.3 is 0 Å². The van der Waals surface area contributed by atoms with Crippen LogP contribution in [0.3, 0.4) is 0 Å². The van der Waals surface area contributed by atoms with Gasteiger partial charge < -0.3 is 10.6 Å². The minimum atomic E-state index is -0.131. The molecule has 0 aliphatic carbocycles. The molecule has 2 amide bonds. The number of aryl methyl sites for hydroxylation is 2. The molecule has 2 N–H and O–H groups in total. The Morgan fingerprint density at radius 1 is 1.11 bits per heavy atom. The fraction of sp³-hybridized carbons (Fsp3) is 0.429. The molecule has 0 aliphatic heterocycles. The normalized spacial score (nSPS) is 9.94. The largest absolute Gasteiger partial charge is 0.356 e. The fourth-order valence-electron chi connectivity index (χ4n) is 1.68. The summed E-state index contributed by atoms with van der Waals surface area (Å²) in [5, 5.41) is 5.48. The molecule has 4 nitrogen and oxygen atoms in total. The number of anilines is 1. The number of benzene rings is 1. The molecule has 0 unspecified atom stereocenters. The molecule has 1 rings (SSSR count). The maximum atomic E-state index is 11.7. The van der Waals surface area contributed by atoms with Crippen molar-refractivity contribution >= 4 is 17.5 Å². The lowest BCUT2D eigenvalue weighted by Gasteiger charge is -2.09. The predicted molar refractivity (Wildman–Crippen MR) is 72.5 cm³/mol. The third-order valence-electron chi connectivity index (χ3n) is 2.61. The maximum Gasteiger partial charge on any atom is 0.224 e. The molecule has 1 aromatic rings. The summed E-state index contributed by atoms with van der Waals surface area (Å²) in [6.07, 6.45) is 0.434. The van der Waals surface area contributed by atoms with Gasteiger partial charge in [0.2, 0.25) is 11.8 Å². The van der Waals surface area contributed by atoms with E-state index in [1.165, 1.54) is 0 Å². The van der Waals surface area contributed by atoms with Crippen molar-refractivity contribution in [1.29, 1.82) is 0 Å². The summed E-state index contributed by atoms with van der Waals surface area (Å²) in [6, 6.07) is 5.85. The van der Waals surface area contributed by atoms with Crippen LogP contribution < -0.4 is 10.6 Å². The van der Waals surface area contributed by atoms with Gasteiger partial charge in [-0.15, -0.1) is 0 Å². The third-order valence-corrected chi connectivity index (χ3v) is 2.61. The molecule has 0 heterocycles. The molecule has 0 atom stereocenters. The van der Waals surface area contributed by atoms with Crippen molar-refractivity contribution in [2.75, 3.05) is 11.9 Å². The number of carbonyl (C=O) groups excluding carboxylic acids is 2. The highest BCUT2D eigenvalue weighted by Crippen LogP contribution is 2.16. The van der Waals surface area contributed by atoms with Gasteiger partial charge in [-0.25, -0.2) is 0 Å². The lowest BCUT2D eigenvalue weighted by Crippen LogP contribution is -2.24. The molecule has 0 aromatic heterocycles. The number of carbonyl (C=O) groups is 2. The summed E-state index contributed by atoms with van der Waals surface area (Å²) in [4.78, 5) is 22.9. The molecule has 0 spiro atoms. The van der Waals surface area contributed by atoms with Crippen molar-refractivity contribution in [1.82, 2.24) is 5.32 Å². The van der Waals surface area contributed by atoms with Gasteiger partial charge in [-0.05, 0) is 32.4 Å². The molecule has 0 fully saturated rings. The molecule has 0 saturated heterocycles. The Morgan fingerprint density at radius 2 is 1.78 bits per heavy atom. The van der Waals surface area contributed by atoms with Crippen LogP contribution in [0.25, 0.3) is 0 Å². The molecule has 0 saturated carbocycles. The minimum absolute atomic E-state index is 0.0896. The van der Waals surface area contributed by atoms with Gasteiger partial charge in [-0.1, -0.05) is 17.7 Å². The number of rotatable bonds is 5. The highest BCUT2D eigenvalue weighted by Gasteiger charge is 2.07. The Balaban J connectivity index is 2.47. The van der Waals surface area contributed by atoms with E-state index in [1.54, 1.807) is 0 Å². The van der Waals surface area contributed by atoms with Crippen LogP contribution in [0.4, 0.5) is 5.69 Å². The van der Waals surface area contributed by atoms with Gasteiger partial charge in [0.1, 0.15) is 0 Å².